The molecule has 0 saturated carbocycles. The predicted molar refractivity (Wildman–Crippen MR) is 91.1 cm³/mol. The number of non-ortho nitro benzene ring substituents is 1. The van der Waals surface area contributed by atoms with E-state index in [9.17, 15) is 10.1 Å². The van der Waals surface area contributed by atoms with Crippen LogP contribution in [0.1, 0.15) is 26.7 Å². The summed E-state index contributed by atoms with van der Waals surface area (Å²) in [6, 6.07) is 6.27. The molecule has 1 aromatic heterocycles. The summed E-state index contributed by atoms with van der Waals surface area (Å²) in [6.07, 6.45) is 2.11. The first-order valence-electron chi connectivity index (χ1n) is 7.15. The molecule has 1 aromatic carbocycles. The van der Waals surface area contributed by atoms with Crippen molar-refractivity contribution in [2.75, 3.05) is 18.0 Å². The third-order valence-corrected chi connectivity index (χ3v) is 4.68. The zero-order valence-electron chi connectivity index (χ0n) is 12.6. The molecule has 0 aliphatic carbocycles. The van der Waals surface area contributed by atoms with Gasteiger partial charge in [0.2, 0.25) is 0 Å². The number of nitrogens with zero attached hydrogens (tertiary/aromatic N) is 4. The topological polar surface area (TPSA) is 71.6 Å². The minimum absolute atomic E-state index is 0.0740. The van der Waals surface area contributed by atoms with Crippen LogP contribution in [0.2, 0.25) is 0 Å². The molecule has 0 amide bonds. The van der Waals surface area contributed by atoms with Crippen molar-refractivity contribution in [2.45, 2.75) is 26.7 Å². The second-order valence-electron chi connectivity index (χ2n) is 4.75. The molecule has 0 aliphatic rings. The molecule has 0 atom stereocenters. The quantitative estimate of drug-likeness (QED) is 0.435. The van der Waals surface area contributed by atoms with Gasteiger partial charge in [-0.25, -0.2) is 4.99 Å². The third-order valence-electron chi connectivity index (χ3n) is 3.01. The van der Waals surface area contributed by atoms with Crippen molar-refractivity contribution in [1.29, 1.82) is 0 Å². The number of hydrogen-bond donors (Lipinski definition) is 0. The van der Waals surface area contributed by atoms with Crippen molar-refractivity contribution in [3.63, 3.8) is 0 Å². The minimum atomic E-state index is -0.409. The lowest BCUT2D eigenvalue weighted by Gasteiger charge is -2.20. The van der Waals surface area contributed by atoms with Gasteiger partial charge in [0, 0.05) is 35.8 Å². The lowest BCUT2D eigenvalue weighted by Crippen LogP contribution is -2.28. The molecule has 0 saturated heterocycles. The lowest BCUT2D eigenvalue weighted by atomic mass is 10.3. The van der Waals surface area contributed by atoms with E-state index in [1.54, 1.807) is 12.1 Å². The summed E-state index contributed by atoms with van der Waals surface area (Å²) in [6.45, 7) is 6.19. The van der Waals surface area contributed by atoms with E-state index in [1.807, 2.05) is 0 Å². The van der Waals surface area contributed by atoms with Gasteiger partial charge in [-0.15, -0.1) is 0 Å². The van der Waals surface area contributed by atoms with Gasteiger partial charge in [0.1, 0.15) is 0 Å². The predicted octanol–water partition coefficient (Wildman–Crippen LogP) is 3.97. The summed E-state index contributed by atoms with van der Waals surface area (Å²) in [5.74, 6) is 0.914. The van der Waals surface area contributed by atoms with Crippen LogP contribution in [0.3, 0.4) is 0 Å². The zero-order chi connectivity index (χ0) is 15.9. The van der Waals surface area contributed by atoms with E-state index >= 15 is 0 Å². The fourth-order valence-electron chi connectivity index (χ4n) is 2.06. The SMILES string of the molecule is CCCN(CCC)c1nssc1=Nc1ccc([N+](=O)[O-])cc1. The Labute approximate surface area is 136 Å². The average Bonchev–Trinajstić information content (AvgIpc) is 2.95. The molecule has 0 radical (unpaired) electrons. The van der Waals surface area contributed by atoms with Gasteiger partial charge in [-0.2, -0.15) is 4.37 Å². The lowest BCUT2D eigenvalue weighted by molar-refractivity contribution is -0.384. The van der Waals surface area contributed by atoms with Gasteiger partial charge in [0.15, 0.2) is 10.5 Å². The van der Waals surface area contributed by atoms with Crippen molar-refractivity contribution in [1.82, 2.24) is 4.37 Å². The largest absolute Gasteiger partial charge is 0.353 e. The third kappa shape index (κ3) is 4.11. The van der Waals surface area contributed by atoms with Crippen molar-refractivity contribution >= 4 is 38.1 Å². The van der Waals surface area contributed by atoms with Gasteiger partial charge >= 0.3 is 0 Å². The van der Waals surface area contributed by atoms with Crippen LogP contribution in [-0.4, -0.2) is 22.4 Å². The second kappa shape index (κ2) is 8.00. The molecule has 0 unspecified atom stereocenters. The summed E-state index contributed by atoms with van der Waals surface area (Å²) in [5.41, 5.74) is 0.779. The number of benzene rings is 1. The van der Waals surface area contributed by atoms with Crippen LogP contribution < -0.4 is 9.57 Å². The van der Waals surface area contributed by atoms with Crippen molar-refractivity contribution < 1.29 is 4.92 Å². The Balaban J connectivity index is 2.32. The smallest absolute Gasteiger partial charge is 0.269 e. The number of aromatic nitrogens is 1. The standard InChI is InChI=1S/C14H18N4O2S2/c1-3-9-17(10-4-2)13-14(21-22-16-13)15-11-5-7-12(8-6-11)18(19)20/h5-8H,3-4,9-10H2,1-2H3. The van der Waals surface area contributed by atoms with Crippen LogP contribution in [0.15, 0.2) is 29.3 Å². The van der Waals surface area contributed by atoms with Crippen LogP contribution in [0.25, 0.3) is 0 Å². The van der Waals surface area contributed by atoms with Gasteiger partial charge in [-0.3, -0.25) is 10.1 Å². The molecule has 0 bridgehead atoms. The normalized spacial score (nSPS) is 11.6. The summed E-state index contributed by atoms with van der Waals surface area (Å²) >= 11 is 0. The first kappa shape index (κ1) is 16.6. The molecule has 0 N–H and O–H groups in total. The van der Waals surface area contributed by atoms with E-state index in [0.29, 0.717) is 5.69 Å². The highest BCUT2D eigenvalue weighted by Crippen LogP contribution is 2.19. The number of hydrogen-bond acceptors (Lipinski definition) is 7. The molecule has 2 aromatic rings. The molecule has 0 spiro atoms. The fraction of sp³-hybridized carbons (Fsp3) is 0.429. The first-order chi connectivity index (χ1) is 10.7. The highest BCUT2D eigenvalue weighted by molar-refractivity contribution is 7.66. The molecular weight excluding hydrogens is 320 g/mol. The van der Waals surface area contributed by atoms with E-state index in [-0.39, 0.29) is 5.69 Å². The number of rotatable bonds is 7. The summed E-state index contributed by atoms with van der Waals surface area (Å²) in [5, 5.41) is 10.7. The Morgan fingerprint density at radius 2 is 1.86 bits per heavy atom. The van der Waals surface area contributed by atoms with E-state index in [2.05, 4.69) is 28.1 Å². The fourth-order valence-corrected chi connectivity index (χ4v) is 3.76. The molecule has 0 aliphatic heterocycles. The molecule has 0 fully saturated rings. The maximum atomic E-state index is 10.7. The Morgan fingerprint density at radius 3 is 2.41 bits per heavy atom. The van der Waals surface area contributed by atoms with Crippen LogP contribution in [-0.2, 0) is 0 Å². The Bertz CT molecular complexity index is 673. The van der Waals surface area contributed by atoms with E-state index < -0.39 is 4.92 Å². The van der Waals surface area contributed by atoms with Crippen molar-refractivity contribution in [3.8, 4) is 0 Å². The highest BCUT2D eigenvalue weighted by atomic mass is 32.9. The Kier molecular flexibility index (Phi) is 6.02. The maximum Gasteiger partial charge on any atom is 0.269 e. The van der Waals surface area contributed by atoms with Gasteiger partial charge in [0.05, 0.1) is 10.6 Å². The molecule has 1 heterocycles. The van der Waals surface area contributed by atoms with Gasteiger partial charge in [0.25, 0.3) is 5.69 Å². The first-order valence-corrected chi connectivity index (χ1v) is 9.26. The minimum Gasteiger partial charge on any atom is -0.353 e. The van der Waals surface area contributed by atoms with E-state index in [1.165, 1.54) is 33.0 Å². The monoisotopic (exact) mass is 338 g/mol. The molecule has 22 heavy (non-hydrogen) atoms. The molecule has 6 nitrogen and oxygen atoms in total. The molecule has 118 valence electrons. The molecule has 2 rings (SSSR count). The van der Waals surface area contributed by atoms with Gasteiger partial charge < -0.3 is 4.90 Å². The average molecular weight is 338 g/mol. The molecular formula is C14H18N4O2S2. The summed E-state index contributed by atoms with van der Waals surface area (Å²) in [4.78, 5) is 17.1. The highest BCUT2D eigenvalue weighted by Gasteiger charge is 2.11. The van der Waals surface area contributed by atoms with Gasteiger partial charge in [-0.1, -0.05) is 13.8 Å². The summed E-state index contributed by atoms with van der Waals surface area (Å²) in [7, 11) is 2.94. The van der Waals surface area contributed by atoms with Crippen LogP contribution in [0, 0.1) is 10.1 Å². The van der Waals surface area contributed by atoms with Crippen LogP contribution >= 0.6 is 20.9 Å². The van der Waals surface area contributed by atoms with Crippen LogP contribution in [0.4, 0.5) is 17.2 Å². The Morgan fingerprint density at radius 1 is 1.23 bits per heavy atom. The van der Waals surface area contributed by atoms with Gasteiger partial charge in [-0.05, 0) is 35.3 Å². The summed E-state index contributed by atoms with van der Waals surface area (Å²) < 4.78 is 5.34. The van der Waals surface area contributed by atoms with Crippen LogP contribution in [0.5, 0.6) is 0 Å². The van der Waals surface area contributed by atoms with E-state index in [0.717, 1.165) is 36.4 Å². The molecule has 8 heteroatoms. The zero-order valence-corrected chi connectivity index (χ0v) is 14.2. The van der Waals surface area contributed by atoms with Crippen molar-refractivity contribution in [2.24, 2.45) is 4.99 Å². The maximum absolute atomic E-state index is 10.7. The Hall–Kier alpha value is -1.80. The number of nitro groups is 1. The number of nitro benzene ring substituents is 1. The second-order valence-corrected chi connectivity index (χ2v) is 6.58. The van der Waals surface area contributed by atoms with E-state index in [4.69, 9.17) is 0 Å². The van der Waals surface area contributed by atoms with Crippen molar-refractivity contribution in [3.05, 3.63) is 39.1 Å². The number of anilines is 1.